The standard InChI is InChI=1S/C18H21N3O4S/c1-13-11-20-17(12-19-13)18(22)21-9-7-16(8-10-21)26(23,24)15-5-3-14(25-2)4-6-15/h3-6,11-12,16H,7-10H2,1-2H3. The van der Waals surface area contributed by atoms with Crippen LogP contribution in [0.2, 0.25) is 0 Å². The van der Waals surface area contributed by atoms with Crippen LogP contribution < -0.4 is 4.74 Å². The minimum Gasteiger partial charge on any atom is -0.497 e. The topological polar surface area (TPSA) is 89.5 Å². The van der Waals surface area contributed by atoms with Crippen molar-refractivity contribution in [3.8, 4) is 5.75 Å². The maximum Gasteiger partial charge on any atom is 0.274 e. The number of nitrogens with zero attached hydrogens (tertiary/aromatic N) is 3. The van der Waals surface area contributed by atoms with Gasteiger partial charge in [-0.25, -0.2) is 13.4 Å². The lowest BCUT2D eigenvalue weighted by Crippen LogP contribution is -2.42. The Morgan fingerprint density at radius 2 is 1.77 bits per heavy atom. The van der Waals surface area contributed by atoms with Crippen molar-refractivity contribution in [1.82, 2.24) is 14.9 Å². The van der Waals surface area contributed by atoms with E-state index in [0.29, 0.717) is 31.7 Å². The van der Waals surface area contributed by atoms with Crippen molar-refractivity contribution in [2.75, 3.05) is 20.2 Å². The van der Waals surface area contributed by atoms with Crippen molar-refractivity contribution in [1.29, 1.82) is 0 Å². The highest BCUT2D eigenvalue weighted by Gasteiger charge is 2.33. The number of amides is 1. The molecule has 1 amide bonds. The number of piperidine rings is 1. The monoisotopic (exact) mass is 375 g/mol. The van der Waals surface area contributed by atoms with Crippen LogP contribution in [0.15, 0.2) is 41.6 Å². The van der Waals surface area contributed by atoms with Gasteiger partial charge in [-0.15, -0.1) is 0 Å². The van der Waals surface area contributed by atoms with Crippen molar-refractivity contribution < 1.29 is 17.9 Å². The number of likely N-dealkylation sites (tertiary alicyclic amines) is 1. The smallest absolute Gasteiger partial charge is 0.274 e. The maximum atomic E-state index is 12.8. The molecule has 0 radical (unpaired) electrons. The van der Waals surface area contributed by atoms with Gasteiger partial charge in [0.25, 0.3) is 5.91 Å². The molecule has 1 aromatic heterocycles. The number of methoxy groups -OCH3 is 1. The maximum absolute atomic E-state index is 12.8. The second kappa shape index (κ2) is 7.41. The van der Waals surface area contributed by atoms with Crippen molar-refractivity contribution in [2.24, 2.45) is 0 Å². The molecule has 1 aliphatic rings. The quantitative estimate of drug-likeness (QED) is 0.810. The van der Waals surface area contributed by atoms with Gasteiger partial charge in [0.1, 0.15) is 11.4 Å². The summed E-state index contributed by atoms with van der Waals surface area (Å²) in [6.07, 6.45) is 3.81. The minimum absolute atomic E-state index is 0.210. The van der Waals surface area contributed by atoms with E-state index in [0.717, 1.165) is 5.69 Å². The molecule has 1 aliphatic heterocycles. The van der Waals surface area contributed by atoms with Gasteiger partial charge in [-0.3, -0.25) is 9.78 Å². The summed E-state index contributed by atoms with van der Waals surface area (Å²) in [7, 11) is -1.89. The summed E-state index contributed by atoms with van der Waals surface area (Å²) in [6.45, 7) is 2.57. The van der Waals surface area contributed by atoms with Crippen LogP contribution in [0.5, 0.6) is 5.75 Å². The lowest BCUT2D eigenvalue weighted by Gasteiger charge is -2.31. The van der Waals surface area contributed by atoms with Crippen LogP contribution in [-0.4, -0.2) is 54.6 Å². The number of hydrogen-bond donors (Lipinski definition) is 0. The first-order chi connectivity index (χ1) is 12.4. The number of rotatable bonds is 4. The SMILES string of the molecule is COc1ccc(S(=O)(=O)C2CCN(C(=O)c3cnc(C)cn3)CC2)cc1. The van der Waals surface area contributed by atoms with Crippen LogP contribution in [0.3, 0.4) is 0 Å². The number of carbonyl (C=O) groups is 1. The third-order valence-electron chi connectivity index (χ3n) is 4.56. The first kappa shape index (κ1) is 18.3. The molecule has 138 valence electrons. The minimum atomic E-state index is -3.43. The normalized spacial score (nSPS) is 15.7. The number of hydrogen-bond acceptors (Lipinski definition) is 6. The largest absolute Gasteiger partial charge is 0.497 e. The van der Waals surface area contributed by atoms with Gasteiger partial charge in [0.2, 0.25) is 0 Å². The van der Waals surface area contributed by atoms with Gasteiger partial charge < -0.3 is 9.64 Å². The number of carbonyl (C=O) groups excluding carboxylic acids is 1. The zero-order chi connectivity index (χ0) is 18.7. The molecule has 0 bridgehead atoms. The molecule has 0 spiro atoms. The third kappa shape index (κ3) is 3.70. The number of aryl methyl sites for hydroxylation is 1. The van der Waals surface area contributed by atoms with Crippen LogP contribution in [0.4, 0.5) is 0 Å². The molecule has 0 unspecified atom stereocenters. The van der Waals surface area contributed by atoms with Crippen molar-refractivity contribution in [3.63, 3.8) is 0 Å². The molecule has 0 saturated carbocycles. The van der Waals surface area contributed by atoms with Crippen LogP contribution >= 0.6 is 0 Å². The number of benzene rings is 1. The Bertz CT molecular complexity index is 872. The molecule has 2 heterocycles. The predicted octanol–water partition coefficient (Wildman–Crippen LogP) is 1.87. The first-order valence-corrected chi connectivity index (χ1v) is 9.92. The molecule has 1 saturated heterocycles. The van der Waals surface area contributed by atoms with Gasteiger partial charge in [-0.2, -0.15) is 0 Å². The van der Waals surface area contributed by atoms with E-state index in [1.165, 1.54) is 13.3 Å². The molecule has 0 N–H and O–H groups in total. The fraction of sp³-hybridized carbons (Fsp3) is 0.389. The third-order valence-corrected chi connectivity index (χ3v) is 6.83. The summed E-state index contributed by atoms with van der Waals surface area (Å²) in [5, 5.41) is -0.496. The van der Waals surface area contributed by atoms with Gasteiger partial charge in [0.15, 0.2) is 9.84 Å². The molecule has 1 fully saturated rings. The zero-order valence-corrected chi connectivity index (χ0v) is 15.6. The van der Waals surface area contributed by atoms with Gasteiger partial charge in [0, 0.05) is 19.3 Å². The van der Waals surface area contributed by atoms with E-state index in [2.05, 4.69) is 9.97 Å². The van der Waals surface area contributed by atoms with Crippen LogP contribution in [0.1, 0.15) is 29.0 Å². The molecule has 8 heteroatoms. The molecular weight excluding hydrogens is 354 g/mol. The van der Waals surface area contributed by atoms with E-state index in [9.17, 15) is 13.2 Å². The Morgan fingerprint density at radius 1 is 1.12 bits per heavy atom. The Kier molecular flexibility index (Phi) is 5.22. The van der Waals surface area contributed by atoms with E-state index >= 15 is 0 Å². The van der Waals surface area contributed by atoms with Gasteiger partial charge in [-0.05, 0) is 44.0 Å². The van der Waals surface area contributed by atoms with Crippen LogP contribution in [0, 0.1) is 6.92 Å². The van der Waals surface area contributed by atoms with Gasteiger partial charge >= 0.3 is 0 Å². The average molecular weight is 375 g/mol. The van der Waals surface area contributed by atoms with Crippen LogP contribution in [0.25, 0.3) is 0 Å². The number of sulfone groups is 1. The highest BCUT2D eigenvalue weighted by Crippen LogP contribution is 2.26. The summed E-state index contributed by atoms with van der Waals surface area (Å²) in [6, 6.07) is 6.41. The summed E-state index contributed by atoms with van der Waals surface area (Å²) in [5.74, 6) is 0.404. The molecule has 26 heavy (non-hydrogen) atoms. The van der Waals surface area contributed by atoms with Gasteiger partial charge in [-0.1, -0.05) is 0 Å². The fourth-order valence-electron chi connectivity index (χ4n) is 2.99. The molecular formula is C18H21N3O4S. The highest BCUT2D eigenvalue weighted by molar-refractivity contribution is 7.92. The Morgan fingerprint density at radius 3 is 2.31 bits per heavy atom. The summed E-state index contributed by atoms with van der Waals surface area (Å²) < 4.78 is 30.7. The molecule has 7 nitrogen and oxygen atoms in total. The van der Waals surface area contributed by atoms with Crippen molar-refractivity contribution in [3.05, 3.63) is 48.0 Å². The van der Waals surface area contributed by atoms with E-state index in [4.69, 9.17) is 4.74 Å². The summed E-state index contributed by atoms with van der Waals surface area (Å²) >= 11 is 0. The summed E-state index contributed by atoms with van der Waals surface area (Å²) in [5.41, 5.74) is 1.03. The number of aromatic nitrogens is 2. The second-order valence-corrected chi connectivity index (χ2v) is 8.48. The lowest BCUT2D eigenvalue weighted by atomic mass is 10.1. The zero-order valence-electron chi connectivity index (χ0n) is 14.8. The average Bonchev–Trinajstić information content (AvgIpc) is 2.68. The molecule has 3 rings (SSSR count). The fourth-order valence-corrected chi connectivity index (χ4v) is 4.72. The molecule has 0 atom stereocenters. The molecule has 2 aromatic rings. The van der Waals surface area contributed by atoms with E-state index < -0.39 is 15.1 Å². The van der Waals surface area contributed by atoms with Crippen molar-refractivity contribution >= 4 is 15.7 Å². The molecule has 0 aliphatic carbocycles. The lowest BCUT2D eigenvalue weighted by molar-refractivity contribution is 0.0719. The van der Waals surface area contributed by atoms with E-state index in [1.807, 2.05) is 0 Å². The van der Waals surface area contributed by atoms with E-state index in [1.54, 1.807) is 42.3 Å². The van der Waals surface area contributed by atoms with Crippen LogP contribution in [-0.2, 0) is 9.84 Å². The summed E-state index contributed by atoms with van der Waals surface area (Å²) in [4.78, 5) is 22.6. The Hall–Kier alpha value is -2.48. The predicted molar refractivity (Wildman–Crippen MR) is 95.9 cm³/mol. The van der Waals surface area contributed by atoms with E-state index in [-0.39, 0.29) is 16.5 Å². The van der Waals surface area contributed by atoms with Crippen molar-refractivity contribution in [2.45, 2.75) is 29.9 Å². The first-order valence-electron chi connectivity index (χ1n) is 8.37. The Balaban J connectivity index is 1.67. The van der Waals surface area contributed by atoms with Gasteiger partial charge in [0.05, 0.1) is 29.1 Å². The molecule has 1 aromatic carbocycles. The highest BCUT2D eigenvalue weighted by atomic mass is 32.2. The second-order valence-electron chi connectivity index (χ2n) is 6.26. The Labute approximate surface area is 153 Å². The number of ether oxygens (including phenoxy) is 1.